The predicted molar refractivity (Wildman–Crippen MR) is 240 cm³/mol. The number of hydrogen-bond donors (Lipinski definition) is 0. The van der Waals surface area contributed by atoms with E-state index < -0.39 is 0 Å². The molecule has 11 rings (SSSR count). The highest BCUT2D eigenvalue weighted by Crippen LogP contribution is 2.51. The van der Waals surface area contributed by atoms with E-state index in [9.17, 15) is 0 Å². The fourth-order valence-corrected chi connectivity index (χ4v) is 9.90. The van der Waals surface area contributed by atoms with Crippen LogP contribution in [0.2, 0.25) is 0 Å². The zero-order valence-corrected chi connectivity index (χ0v) is 31.8. The minimum absolute atomic E-state index is 0.363. The topological polar surface area (TPSA) is 13.1 Å². The van der Waals surface area contributed by atoms with Crippen LogP contribution in [-0.2, 0) is 0 Å². The Balaban J connectivity index is 1.04. The van der Waals surface area contributed by atoms with Crippen molar-refractivity contribution in [2.75, 3.05) is 0 Å². The van der Waals surface area contributed by atoms with Crippen LogP contribution in [0.15, 0.2) is 205 Å². The molecule has 0 radical (unpaired) electrons. The van der Waals surface area contributed by atoms with Crippen LogP contribution in [0, 0.1) is 0 Å². The van der Waals surface area contributed by atoms with E-state index in [-0.39, 0.29) is 0 Å². The molecule has 0 spiro atoms. The minimum atomic E-state index is 0.363. The fourth-order valence-electron chi connectivity index (χ4n) is 9.90. The van der Waals surface area contributed by atoms with Gasteiger partial charge in [0.15, 0.2) is 0 Å². The molecular formula is C56H42O. The molecule has 0 bridgehead atoms. The molecule has 1 saturated carbocycles. The van der Waals surface area contributed by atoms with Gasteiger partial charge in [-0.05, 0) is 121 Å². The summed E-state index contributed by atoms with van der Waals surface area (Å²) >= 11 is 0. The van der Waals surface area contributed by atoms with Gasteiger partial charge in [-0.15, -0.1) is 0 Å². The number of fused-ring (bicyclic) bond motifs is 6. The Morgan fingerprint density at radius 3 is 1.63 bits per heavy atom. The molecule has 272 valence electrons. The summed E-state index contributed by atoms with van der Waals surface area (Å²) in [5.41, 5.74) is 13.7. The van der Waals surface area contributed by atoms with Crippen molar-refractivity contribution in [1.82, 2.24) is 0 Å². The molecule has 1 nitrogen and oxygen atoms in total. The quantitative estimate of drug-likeness (QED) is 0.166. The highest BCUT2D eigenvalue weighted by Gasteiger charge is 2.33. The van der Waals surface area contributed by atoms with Crippen LogP contribution in [0.25, 0.3) is 76.9 Å². The first-order valence-corrected chi connectivity index (χ1v) is 20.4. The van der Waals surface area contributed by atoms with Gasteiger partial charge in [0.05, 0.1) is 0 Å². The molecule has 57 heavy (non-hydrogen) atoms. The van der Waals surface area contributed by atoms with E-state index in [0.29, 0.717) is 17.8 Å². The van der Waals surface area contributed by atoms with Crippen LogP contribution in [0.3, 0.4) is 0 Å². The Labute approximate surface area is 333 Å². The fraction of sp³-hybridized carbons (Fsp3) is 0.107. The van der Waals surface area contributed by atoms with Crippen molar-refractivity contribution in [3.8, 4) is 33.4 Å². The Morgan fingerprint density at radius 1 is 0.351 bits per heavy atom. The molecule has 1 aromatic heterocycles. The molecule has 3 unspecified atom stereocenters. The van der Waals surface area contributed by atoms with E-state index in [1.54, 1.807) is 0 Å². The Kier molecular flexibility index (Phi) is 8.32. The molecule has 0 N–H and O–H groups in total. The zero-order chi connectivity index (χ0) is 37.7. The lowest BCUT2D eigenvalue weighted by atomic mass is 9.68. The third kappa shape index (κ3) is 6.12. The van der Waals surface area contributed by atoms with Crippen LogP contribution in [-0.4, -0.2) is 0 Å². The van der Waals surface area contributed by atoms with Gasteiger partial charge in [-0.3, -0.25) is 0 Å². The third-order valence-corrected chi connectivity index (χ3v) is 12.7. The van der Waals surface area contributed by atoms with Gasteiger partial charge < -0.3 is 4.42 Å². The monoisotopic (exact) mass is 730 g/mol. The van der Waals surface area contributed by atoms with Gasteiger partial charge in [-0.2, -0.15) is 0 Å². The normalized spacial score (nSPS) is 17.1. The standard InChI is InChI=1S/C56H42O/c1-4-13-37(14-5-1)39-23-25-40(26-24-39)46-33-47(45-30-29-43-31-42(27-28-44(43)32-45)38-15-6-2-7-16-38)35-48(34-46)52-36-53-55-49(41-17-8-3-9-18-41)21-12-22-54(55)57-56(53)51-20-11-10-19-50(51)52/h1-32,36,46-48H,33-35H2. The molecule has 1 aliphatic rings. The van der Waals surface area contributed by atoms with Crippen molar-refractivity contribution in [3.63, 3.8) is 0 Å². The SMILES string of the molecule is c1ccc(-c2ccc(C3CC(c4ccc5cc(-c6ccccc6)ccc5c4)CC(c4cc5c(oc6cccc(-c7ccccc7)c65)c5ccccc45)C3)cc2)cc1. The average Bonchev–Trinajstić information content (AvgIpc) is 3.68. The molecule has 10 aromatic rings. The average molecular weight is 731 g/mol. The predicted octanol–water partition coefficient (Wildman–Crippen LogP) is 15.7. The van der Waals surface area contributed by atoms with Gasteiger partial charge in [-0.1, -0.05) is 182 Å². The maximum atomic E-state index is 6.78. The summed E-state index contributed by atoms with van der Waals surface area (Å²) in [7, 11) is 0. The maximum Gasteiger partial charge on any atom is 0.143 e. The van der Waals surface area contributed by atoms with Crippen molar-refractivity contribution in [2.45, 2.75) is 37.0 Å². The molecule has 3 atom stereocenters. The second-order valence-electron chi connectivity index (χ2n) is 16.0. The van der Waals surface area contributed by atoms with Gasteiger partial charge >= 0.3 is 0 Å². The van der Waals surface area contributed by atoms with E-state index in [4.69, 9.17) is 4.42 Å². The lowest BCUT2D eigenvalue weighted by Gasteiger charge is -2.36. The maximum absolute atomic E-state index is 6.78. The van der Waals surface area contributed by atoms with E-state index >= 15 is 0 Å². The summed E-state index contributed by atoms with van der Waals surface area (Å²) < 4.78 is 6.78. The molecule has 1 aliphatic carbocycles. The summed E-state index contributed by atoms with van der Waals surface area (Å²) in [6.45, 7) is 0. The first-order chi connectivity index (χ1) is 28.2. The van der Waals surface area contributed by atoms with E-state index in [0.717, 1.165) is 30.4 Å². The third-order valence-electron chi connectivity index (χ3n) is 12.7. The Morgan fingerprint density at radius 2 is 0.895 bits per heavy atom. The summed E-state index contributed by atoms with van der Waals surface area (Å²) in [4.78, 5) is 0. The summed E-state index contributed by atoms with van der Waals surface area (Å²) in [5.74, 6) is 1.20. The minimum Gasteiger partial charge on any atom is -0.455 e. The number of hydrogen-bond acceptors (Lipinski definition) is 1. The van der Waals surface area contributed by atoms with Crippen LogP contribution in [0.5, 0.6) is 0 Å². The number of furan rings is 1. The van der Waals surface area contributed by atoms with Crippen molar-refractivity contribution in [2.24, 2.45) is 0 Å². The van der Waals surface area contributed by atoms with Gasteiger partial charge in [0.25, 0.3) is 0 Å². The van der Waals surface area contributed by atoms with Crippen molar-refractivity contribution in [3.05, 3.63) is 217 Å². The molecule has 1 heterocycles. The van der Waals surface area contributed by atoms with Crippen LogP contribution in [0.4, 0.5) is 0 Å². The number of rotatable bonds is 6. The van der Waals surface area contributed by atoms with Crippen LogP contribution >= 0.6 is 0 Å². The summed E-state index contributed by atoms with van der Waals surface area (Å²) in [5, 5.41) is 7.52. The molecule has 0 amide bonds. The van der Waals surface area contributed by atoms with E-state index in [1.165, 1.54) is 82.4 Å². The molecule has 9 aromatic carbocycles. The first kappa shape index (κ1) is 33.6. The van der Waals surface area contributed by atoms with Crippen LogP contribution in [0.1, 0.15) is 53.7 Å². The Hall–Kier alpha value is -6.70. The number of benzene rings is 9. The van der Waals surface area contributed by atoms with Crippen molar-refractivity contribution < 1.29 is 4.42 Å². The van der Waals surface area contributed by atoms with Gasteiger partial charge in [-0.25, -0.2) is 0 Å². The lowest BCUT2D eigenvalue weighted by molar-refractivity contribution is 0.353. The van der Waals surface area contributed by atoms with Gasteiger partial charge in [0.2, 0.25) is 0 Å². The van der Waals surface area contributed by atoms with Crippen molar-refractivity contribution in [1.29, 1.82) is 0 Å². The second-order valence-corrected chi connectivity index (χ2v) is 16.0. The summed E-state index contributed by atoms with van der Waals surface area (Å²) in [6, 6.07) is 73.8. The first-order valence-electron chi connectivity index (χ1n) is 20.4. The smallest absolute Gasteiger partial charge is 0.143 e. The van der Waals surface area contributed by atoms with E-state index in [1.807, 2.05) is 0 Å². The molecular weight excluding hydrogens is 689 g/mol. The molecule has 1 fully saturated rings. The highest BCUT2D eigenvalue weighted by atomic mass is 16.3. The second kappa shape index (κ2) is 14.1. The highest BCUT2D eigenvalue weighted by molar-refractivity contribution is 6.19. The molecule has 0 saturated heterocycles. The zero-order valence-electron chi connectivity index (χ0n) is 31.8. The molecule has 1 heteroatoms. The molecule has 0 aliphatic heterocycles. The van der Waals surface area contributed by atoms with E-state index in [2.05, 4.69) is 200 Å². The Bertz CT molecular complexity index is 3030. The summed E-state index contributed by atoms with van der Waals surface area (Å²) in [6.07, 6.45) is 3.33. The van der Waals surface area contributed by atoms with Gasteiger partial charge in [0.1, 0.15) is 11.2 Å². The van der Waals surface area contributed by atoms with Crippen LogP contribution < -0.4 is 0 Å². The lowest BCUT2D eigenvalue weighted by Crippen LogP contribution is -2.20. The van der Waals surface area contributed by atoms with Crippen molar-refractivity contribution >= 4 is 43.5 Å². The van der Waals surface area contributed by atoms with Gasteiger partial charge in [0, 0.05) is 16.2 Å². The largest absolute Gasteiger partial charge is 0.455 e.